The van der Waals surface area contributed by atoms with Crippen molar-refractivity contribution in [1.82, 2.24) is 4.57 Å². The number of benzene rings is 1. The van der Waals surface area contributed by atoms with Crippen molar-refractivity contribution < 1.29 is 9.53 Å². The molecule has 1 aromatic heterocycles. The molecule has 20 heavy (non-hydrogen) atoms. The van der Waals surface area contributed by atoms with Crippen LogP contribution in [-0.4, -0.2) is 17.6 Å². The monoisotopic (exact) mass is 273 g/mol. The zero-order chi connectivity index (χ0) is 14.7. The maximum absolute atomic E-state index is 12.2. The van der Waals surface area contributed by atoms with Gasteiger partial charge < -0.3 is 20.4 Å². The molecule has 6 heteroatoms. The van der Waals surface area contributed by atoms with Gasteiger partial charge in [0.1, 0.15) is 5.75 Å². The van der Waals surface area contributed by atoms with E-state index in [-0.39, 0.29) is 11.5 Å². The molecule has 0 aliphatic heterocycles. The lowest BCUT2D eigenvalue weighted by atomic mass is 10.1. The zero-order valence-corrected chi connectivity index (χ0v) is 11.2. The molecule has 2 rings (SSSR count). The minimum Gasteiger partial charge on any atom is -0.496 e. The molecule has 1 aromatic carbocycles. The van der Waals surface area contributed by atoms with E-state index in [4.69, 9.17) is 10.5 Å². The van der Waals surface area contributed by atoms with Crippen molar-refractivity contribution in [1.29, 1.82) is 0 Å². The zero-order valence-electron chi connectivity index (χ0n) is 11.2. The number of aryl methyl sites for hydroxylation is 1. The smallest absolute Gasteiger partial charge is 0.259 e. The van der Waals surface area contributed by atoms with Gasteiger partial charge in [0.15, 0.2) is 0 Å². The first kappa shape index (κ1) is 13.7. The lowest BCUT2D eigenvalue weighted by Crippen LogP contribution is -2.18. The van der Waals surface area contributed by atoms with Crippen molar-refractivity contribution in [2.75, 3.05) is 18.2 Å². The largest absolute Gasteiger partial charge is 0.496 e. The Morgan fingerprint density at radius 3 is 2.70 bits per heavy atom. The number of ether oxygens (including phenoxy) is 1. The van der Waals surface area contributed by atoms with Crippen molar-refractivity contribution in [3.63, 3.8) is 0 Å². The van der Waals surface area contributed by atoms with Crippen LogP contribution in [0.3, 0.4) is 0 Å². The van der Waals surface area contributed by atoms with E-state index in [0.717, 1.165) is 0 Å². The highest BCUT2D eigenvalue weighted by atomic mass is 16.5. The summed E-state index contributed by atoms with van der Waals surface area (Å²) in [5, 5.41) is 2.70. The van der Waals surface area contributed by atoms with Crippen LogP contribution in [0.15, 0.2) is 41.3 Å². The summed E-state index contributed by atoms with van der Waals surface area (Å²) < 4.78 is 6.52. The van der Waals surface area contributed by atoms with Crippen LogP contribution in [0.2, 0.25) is 0 Å². The Balaban J connectivity index is 2.28. The highest BCUT2D eigenvalue weighted by molar-refractivity contribution is 6.06. The highest BCUT2D eigenvalue weighted by Gasteiger charge is 2.12. The van der Waals surface area contributed by atoms with Crippen molar-refractivity contribution in [2.45, 2.75) is 0 Å². The molecule has 0 saturated heterocycles. The first-order valence-electron chi connectivity index (χ1n) is 5.93. The molecule has 0 spiro atoms. The van der Waals surface area contributed by atoms with E-state index in [2.05, 4.69) is 5.32 Å². The average Bonchev–Trinajstić information content (AvgIpc) is 2.42. The Morgan fingerprint density at radius 2 is 2.05 bits per heavy atom. The van der Waals surface area contributed by atoms with Gasteiger partial charge in [-0.15, -0.1) is 0 Å². The fourth-order valence-corrected chi connectivity index (χ4v) is 1.76. The normalized spacial score (nSPS) is 10.1. The summed E-state index contributed by atoms with van der Waals surface area (Å²) in [5.41, 5.74) is 6.91. The molecule has 0 aliphatic rings. The number of carbonyl (C=O) groups is 1. The van der Waals surface area contributed by atoms with Crippen molar-refractivity contribution in [3.05, 3.63) is 52.4 Å². The van der Waals surface area contributed by atoms with Crippen LogP contribution in [0, 0.1) is 0 Å². The van der Waals surface area contributed by atoms with Gasteiger partial charge in [-0.2, -0.15) is 0 Å². The Kier molecular flexibility index (Phi) is 3.74. The standard InChI is InChI=1S/C14H15N3O3/c1-17-8-10(4-6-13(17)18)16-14(19)11-5-3-9(15)7-12(11)20-2/h3-8H,15H2,1-2H3,(H,16,19). The number of hydrogen-bond acceptors (Lipinski definition) is 4. The van der Waals surface area contributed by atoms with Crippen molar-refractivity contribution >= 4 is 17.3 Å². The summed E-state index contributed by atoms with van der Waals surface area (Å²) in [6.45, 7) is 0. The van der Waals surface area contributed by atoms with Crippen LogP contribution >= 0.6 is 0 Å². The molecular weight excluding hydrogens is 258 g/mol. The first-order chi connectivity index (χ1) is 9.51. The number of methoxy groups -OCH3 is 1. The number of aromatic nitrogens is 1. The van der Waals surface area contributed by atoms with Gasteiger partial charge in [-0.1, -0.05) is 0 Å². The van der Waals surface area contributed by atoms with E-state index in [1.165, 1.54) is 17.7 Å². The quantitative estimate of drug-likeness (QED) is 0.823. The minimum absolute atomic E-state index is 0.145. The summed E-state index contributed by atoms with van der Waals surface area (Å²) in [6.07, 6.45) is 1.55. The van der Waals surface area contributed by atoms with Gasteiger partial charge >= 0.3 is 0 Å². The van der Waals surface area contributed by atoms with E-state index in [0.29, 0.717) is 22.7 Å². The molecule has 1 heterocycles. The SMILES string of the molecule is COc1cc(N)ccc1C(=O)Nc1ccc(=O)n(C)c1. The van der Waals surface area contributed by atoms with Crippen LogP contribution < -0.4 is 21.3 Å². The molecule has 2 aromatic rings. The number of anilines is 2. The third kappa shape index (κ3) is 2.80. The van der Waals surface area contributed by atoms with E-state index in [9.17, 15) is 9.59 Å². The van der Waals surface area contributed by atoms with Crippen molar-refractivity contribution in [3.8, 4) is 5.75 Å². The number of carbonyl (C=O) groups excluding carboxylic acids is 1. The molecule has 0 radical (unpaired) electrons. The maximum Gasteiger partial charge on any atom is 0.259 e. The minimum atomic E-state index is -0.333. The van der Waals surface area contributed by atoms with Gasteiger partial charge in [0, 0.05) is 31.1 Å². The third-order valence-electron chi connectivity index (χ3n) is 2.81. The number of pyridine rings is 1. The van der Waals surface area contributed by atoms with Gasteiger partial charge in [-0.05, 0) is 18.2 Å². The lowest BCUT2D eigenvalue weighted by molar-refractivity contribution is 0.102. The molecule has 0 aliphatic carbocycles. The summed E-state index contributed by atoms with van der Waals surface area (Å²) in [6, 6.07) is 7.72. The van der Waals surface area contributed by atoms with E-state index in [1.807, 2.05) is 0 Å². The molecule has 0 atom stereocenters. The van der Waals surface area contributed by atoms with Gasteiger partial charge in [0.2, 0.25) is 5.56 Å². The van der Waals surface area contributed by atoms with Gasteiger partial charge in [0.25, 0.3) is 5.91 Å². The molecule has 1 amide bonds. The van der Waals surface area contributed by atoms with E-state index < -0.39 is 0 Å². The van der Waals surface area contributed by atoms with Gasteiger partial charge in [-0.25, -0.2) is 0 Å². The summed E-state index contributed by atoms with van der Waals surface area (Å²) in [5.74, 6) is 0.0628. The second-order valence-corrected chi connectivity index (χ2v) is 4.28. The van der Waals surface area contributed by atoms with Gasteiger partial charge in [-0.3, -0.25) is 9.59 Å². The van der Waals surface area contributed by atoms with Crippen LogP contribution in [-0.2, 0) is 7.05 Å². The highest BCUT2D eigenvalue weighted by Crippen LogP contribution is 2.22. The molecular formula is C14H15N3O3. The predicted octanol–water partition coefficient (Wildman–Crippen LogP) is 1.23. The lowest BCUT2D eigenvalue weighted by Gasteiger charge is -2.10. The maximum atomic E-state index is 12.2. The summed E-state index contributed by atoms with van der Waals surface area (Å²) in [4.78, 5) is 23.5. The molecule has 0 bridgehead atoms. The number of nitrogens with one attached hydrogen (secondary N) is 1. The van der Waals surface area contributed by atoms with Crippen LogP contribution in [0.4, 0.5) is 11.4 Å². The number of hydrogen-bond donors (Lipinski definition) is 2. The number of rotatable bonds is 3. The van der Waals surface area contributed by atoms with E-state index in [1.54, 1.807) is 37.5 Å². The number of amides is 1. The summed E-state index contributed by atoms with van der Waals surface area (Å²) in [7, 11) is 3.08. The van der Waals surface area contributed by atoms with Crippen LogP contribution in [0.25, 0.3) is 0 Å². The predicted molar refractivity (Wildman–Crippen MR) is 77.0 cm³/mol. The molecule has 104 valence electrons. The Bertz CT molecular complexity index is 707. The summed E-state index contributed by atoms with van der Waals surface area (Å²) >= 11 is 0. The number of nitrogens with two attached hydrogens (primary N) is 1. The molecule has 0 fully saturated rings. The molecule has 0 saturated carbocycles. The average molecular weight is 273 g/mol. The topological polar surface area (TPSA) is 86.3 Å². The third-order valence-corrected chi connectivity index (χ3v) is 2.81. The molecule has 6 nitrogen and oxygen atoms in total. The molecule has 3 N–H and O–H groups in total. The number of nitrogen functional groups attached to an aromatic ring is 1. The Hall–Kier alpha value is -2.76. The Labute approximate surface area is 115 Å². The first-order valence-corrected chi connectivity index (χ1v) is 5.93. The van der Waals surface area contributed by atoms with E-state index >= 15 is 0 Å². The number of nitrogens with zero attached hydrogens (tertiary/aromatic N) is 1. The second-order valence-electron chi connectivity index (χ2n) is 4.28. The van der Waals surface area contributed by atoms with Crippen molar-refractivity contribution in [2.24, 2.45) is 7.05 Å². The fourth-order valence-electron chi connectivity index (χ4n) is 1.76. The van der Waals surface area contributed by atoms with Crippen LogP contribution in [0.1, 0.15) is 10.4 Å². The van der Waals surface area contributed by atoms with Gasteiger partial charge in [0.05, 0.1) is 18.4 Å². The Morgan fingerprint density at radius 1 is 1.30 bits per heavy atom. The fraction of sp³-hybridized carbons (Fsp3) is 0.143. The second kappa shape index (κ2) is 5.48. The van der Waals surface area contributed by atoms with Crippen LogP contribution in [0.5, 0.6) is 5.75 Å². The molecule has 0 unspecified atom stereocenters.